The van der Waals surface area contributed by atoms with Crippen LogP contribution in [0, 0.1) is 0 Å². The summed E-state index contributed by atoms with van der Waals surface area (Å²) in [7, 11) is 0. The second kappa shape index (κ2) is 7.80. The summed E-state index contributed by atoms with van der Waals surface area (Å²) in [6, 6.07) is 13.0. The Morgan fingerprint density at radius 1 is 1.22 bits per heavy atom. The van der Waals surface area contributed by atoms with Gasteiger partial charge >= 0.3 is 0 Å². The minimum Gasteiger partial charge on any atom is -0.353 e. The zero-order chi connectivity index (χ0) is 18.6. The number of hydrogen-bond donors (Lipinski definition) is 2. The van der Waals surface area contributed by atoms with E-state index in [-0.39, 0.29) is 11.9 Å². The number of piperidine rings is 1. The summed E-state index contributed by atoms with van der Waals surface area (Å²) in [6.45, 7) is 1.65. The summed E-state index contributed by atoms with van der Waals surface area (Å²) in [5.74, 6) is 0.798. The number of amides is 1. The van der Waals surface area contributed by atoms with Crippen molar-refractivity contribution in [1.29, 1.82) is 0 Å². The van der Waals surface area contributed by atoms with E-state index in [0.29, 0.717) is 10.6 Å². The Bertz CT molecular complexity index is 927. The normalized spacial score (nSPS) is 16.9. The first-order valence-corrected chi connectivity index (χ1v) is 9.34. The van der Waals surface area contributed by atoms with Crippen LogP contribution in [0.15, 0.2) is 54.9 Å². The zero-order valence-electron chi connectivity index (χ0n) is 14.7. The van der Waals surface area contributed by atoms with Crippen molar-refractivity contribution in [2.45, 2.75) is 18.9 Å². The molecule has 1 aliphatic rings. The molecule has 6 nitrogen and oxygen atoms in total. The summed E-state index contributed by atoms with van der Waals surface area (Å²) >= 11 is 5.98. The molecule has 2 aromatic heterocycles. The minimum absolute atomic E-state index is 0.0753. The molecule has 3 heterocycles. The molecule has 1 atom stereocenters. The number of H-pyrrole nitrogens is 1. The van der Waals surface area contributed by atoms with E-state index in [9.17, 15) is 4.79 Å². The van der Waals surface area contributed by atoms with E-state index in [0.717, 1.165) is 43.0 Å². The van der Waals surface area contributed by atoms with Gasteiger partial charge in [-0.15, -0.1) is 0 Å². The molecular weight excluding hydrogens is 362 g/mol. The van der Waals surface area contributed by atoms with Crippen LogP contribution in [-0.4, -0.2) is 40.2 Å². The van der Waals surface area contributed by atoms with Crippen LogP contribution in [-0.2, 0) is 0 Å². The van der Waals surface area contributed by atoms with Crippen LogP contribution in [0.4, 0.5) is 5.82 Å². The lowest BCUT2D eigenvalue weighted by atomic mass is 10.0. The molecule has 0 radical (unpaired) electrons. The van der Waals surface area contributed by atoms with Gasteiger partial charge in [0.15, 0.2) is 5.82 Å². The number of carbonyl (C=O) groups excluding carboxylic acids is 1. The predicted molar refractivity (Wildman–Crippen MR) is 106 cm³/mol. The van der Waals surface area contributed by atoms with E-state index in [2.05, 4.69) is 25.4 Å². The number of nitrogens with zero attached hydrogens (tertiary/aromatic N) is 3. The lowest BCUT2D eigenvalue weighted by molar-refractivity contribution is 0.0933. The third-order valence-electron chi connectivity index (χ3n) is 4.72. The van der Waals surface area contributed by atoms with Crippen molar-refractivity contribution in [2.24, 2.45) is 0 Å². The SMILES string of the molecule is O=C(N[C@H]1CCCN(c2cc(-c3ccncc3)[nH]n2)C1)c1cccc(Cl)c1. The summed E-state index contributed by atoms with van der Waals surface area (Å²) in [4.78, 5) is 18.7. The highest BCUT2D eigenvalue weighted by Gasteiger charge is 2.23. The molecular formula is C20H20ClN5O. The van der Waals surface area contributed by atoms with E-state index in [1.165, 1.54) is 0 Å². The van der Waals surface area contributed by atoms with E-state index >= 15 is 0 Å². The number of halogens is 1. The average Bonchev–Trinajstić information content (AvgIpc) is 3.19. The smallest absolute Gasteiger partial charge is 0.251 e. The van der Waals surface area contributed by atoms with E-state index in [4.69, 9.17) is 11.6 Å². The molecule has 4 rings (SSSR count). The van der Waals surface area contributed by atoms with Gasteiger partial charge in [0.25, 0.3) is 5.91 Å². The maximum absolute atomic E-state index is 12.5. The van der Waals surface area contributed by atoms with Crippen LogP contribution in [0.2, 0.25) is 5.02 Å². The van der Waals surface area contributed by atoms with Gasteiger partial charge in [0, 0.05) is 53.7 Å². The molecule has 0 aliphatic carbocycles. The molecule has 1 amide bonds. The Hall–Kier alpha value is -2.86. The number of pyridine rings is 1. The van der Waals surface area contributed by atoms with Gasteiger partial charge < -0.3 is 10.2 Å². The fourth-order valence-electron chi connectivity index (χ4n) is 3.35. The molecule has 0 spiro atoms. The molecule has 1 fully saturated rings. The Labute approximate surface area is 162 Å². The predicted octanol–water partition coefficient (Wildman–Crippen LogP) is 3.52. The number of aromatic amines is 1. The largest absolute Gasteiger partial charge is 0.353 e. The van der Waals surface area contributed by atoms with Crippen LogP contribution < -0.4 is 10.2 Å². The minimum atomic E-state index is -0.0937. The highest BCUT2D eigenvalue weighted by molar-refractivity contribution is 6.30. The van der Waals surface area contributed by atoms with Crippen molar-refractivity contribution in [3.63, 3.8) is 0 Å². The number of carbonyl (C=O) groups is 1. The summed E-state index contributed by atoms with van der Waals surface area (Å²) in [5, 5.41) is 11.2. The van der Waals surface area contributed by atoms with Crippen molar-refractivity contribution in [3.05, 3.63) is 65.4 Å². The third kappa shape index (κ3) is 4.11. The molecule has 1 saturated heterocycles. The van der Waals surface area contributed by atoms with Gasteiger partial charge in [-0.1, -0.05) is 17.7 Å². The van der Waals surface area contributed by atoms with Crippen LogP contribution in [0.1, 0.15) is 23.2 Å². The molecule has 27 heavy (non-hydrogen) atoms. The monoisotopic (exact) mass is 381 g/mol. The van der Waals surface area contributed by atoms with Gasteiger partial charge in [0.05, 0.1) is 5.69 Å². The molecule has 3 aromatic rings. The maximum atomic E-state index is 12.5. The van der Waals surface area contributed by atoms with E-state index in [1.807, 2.05) is 18.2 Å². The molecule has 138 valence electrons. The molecule has 0 unspecified atom stereocenters. The average molecular weight is 382 g/mol. The second-order valence-electron chi connectivity index (χ2n) is 6.64. The van der Waals surface area contributed by atoms with Gasteiger partial charge in [-0.2, -0.15) is 5.10 Å². The summed E-state index contributed by atoms with van der Waals surface area (Å²) < 4.78 is 0. The molecule has 7 heteroatoms. The van der Waals surface area contributed by atoms with Crippen molar-refractivity contribution >= 4 is 23.3 Å². The topological polar surface area (TPSA) is 73.9 Å². The molecule has 0 saturated carbocycles. The van der Waals surface area contributed by atoms with Crippen molar-refractivity contribution in [1.82, 2.24) is 20.5 Å². The Balaban J connectivity index is 1.42. The lowest BCUT2D eigenvalue weighted by Gasteiger charge is -2.33. The second-order valence-corrected chi connectivity index (χ2v) is 7.08. The summed E-state index contributed by atoms with van der Waals surface area (Å²) in [5.41, 5.74) is 2.59. The number of anilines is 1. The highest BCUT2D eigenvalue weighted by Crippen LogP contribution is 2.24. The lowest BCUT2D eigenvalue weighted by Crippen LogP contribution is -2.48. The van der Waals surface area contributed by atoms with Crippen LogP contribution in [0.5, 0.6) is 0 Å². The fraction of sp³-hybridized carbons (Fsp3) is 0.250. The quantitative estimate of drug-likeness (QED) is 0.725. The van der Waals surface area contributed by atoms with Crippen LogP contribution in [0.25, 0.3) is 11.3 Å². The fourth-order valence-corrected chi connectivity index (χ4v) is 3.54. The van der Waals surface area contributed by atoms with Crippen molar-refractivity contribution in [2.75, 3.05) is 18.0 Å². The zero-order valence-corrected chi connectivity index (χ0v) is 15.5. The van der Waals surface area contributed by atoms with E-state index in [1.54, 1.807) is 36.7 Å². The number of nitrogens with one attached hydrogen (secondary N) is 2. The number of hydrogen-bond acceptors (Lipinski definition) is 4. The van der Waals surface area contributed by atoms with Crippen LogP contribution >= 0.6 is 11.6 Å². The third-order valence-corrected chi connectivity index (χ3v) is 4.96. The standard InChI is InChI=1S/C20H20ClN5O/c21-16-4-1-3-15(11-16)20(27)23-17-5-2-10-26(13-17)19-12-18(24-25-19)14-6-8-22-9-7-14/h1,3-4,6-9,11-12,17H,2,5,10,13H2,(H,23,27)(H,24,25)/t17-/m0/s1. The van der Waals surface area contributed by atoms with Crippen molar-refractivity contribution in [3.8, 4) is 11.3 Å². The van der Waals surface area contributed by atoms with Gasteiger partial charge in [0.1, 0.15) is 0 Å². The number of rotatable bonds is 4. The Morgan fingerprint density at radius 2 is 2.07 bits per heavy atom. The van der Waals surface area contributed by atoms with Crippen LogP contribution in [0.3, 0.4) is 0 Å². The first-order valence-electron chi connectivity index (χ1n) is 8.96. The summed E-state index contributed by atoms with van der Waals surface area (Å²) in [6.07, 6.45) is 5.47. The number of aromatic nitrogens is 3. The maximum Gasteiger partial charge on any atom is 0.251 e. The first-order chi connectivity index (χ1) is 13.2. The molecule has 1 aromatic carbocycles. The first kappa shape index (κ1) is 17.5. The van der Waals surface area contributed by atoms with Gasteiger partial charge in [-0.25, -0.2) is 0 Å². The van der Waals surface area contributed by atoms with Gasteiger partial charge in [0.2, 0.25) is 0 Å². The molecule has 2 N–H and O–H groups in total. The van der Waals surface area contributed by atoms with Gasteiger partial charge in [-0.05, 0) is 43.2 Å². The number of benzene rings is 1. The highest BCUT2D eigenvalue weighted by atomic mass is 35.5. The van der Waals surface area contributed by atoms with Crippen molar-refractivity contribution < 1.29 is 4.79 Å². The molecule has 0 bridgehead atoms. The Morgan fingerprint density at radius 3 is 2.89 bits per heavy atom. The van der Waals surface area contributed by atoms with E-state index < -0.39 is 0 Å². The Kier molecular flexibility index (Phi) is 5.07. The van der Waals surface area contributed by atoms with Gasteiger partial charge in [-0.3, -0.25) is 14.9 Å². The molecule has 1 aliphatic heterocycles.